The van der Waals surface area contributed by atoms with Crippen LogP contribution in [0.15, 0.2) is 66.0 Å². The zero-order chi connectivity index (χ0) is 19.6. The summed E-state index contributed by atoms with van der Waals surface area (Å²) in [7, 11) is 0. The lowest BCUT2D eigenvalue weighted by Crippen LogP contribution is -2.12. The second kappa shape index (κ2) is 7.19. The highest BCUT2D eigenvalue weighted by atomic mass is 16.5. The van der Waals surface area contributed by atoms with Crippen LogP contribution in [0.1, 0.15) is 35.0 Å². The normalized spacial score (nSPS) is 13.2. The Balaban J connectivity index is 1.24. The Hall–Kier alpha value is -4.01. The molecule has 1 amide bonds. The highest BCUT2D eigenvalue weighted by molar-refractivity contribution is 6.02. The lowest BCUT2D eigenvalue weighted by atomic mass is 10.2. The predicted octanol–water partition coefficient (Wildman–Crippen LogP) is 3.52. The topological polar surface area (TPSA) is 111 Å². The third kappa shape index (κ3) is 3.84. The van der Waals surface area contributed by atoms with Crippen LogP contribution in [0.3, 0.4) is 0 Å². The van der Waals surface area contributed by atoms with Gasteiger partial charge in [-0.3, -0.25) is 9.36 Å². The summed E-state index contributed by atoms with van der Waals surface area (Å²) < 4.78 is 7.03. The van der Waals surface area contributed by atoms with E-state index in [0.717, 1.165) is 24.3 Å². The van der Waals surface area contributed by atoms with Gasteiger partial charge in [-0.25, -0.2) is 15.0 Å². The number of carbonyl (C=O) groups excluding carboxylic acids is 1. The molecule has 4 aromatic rings. The Morgan fingerprint density at radius 1 is 1.10 bits per heavy atom. The van der Waals surface area contributed by atoms with Crippen molar-refractivity contribution in [2.75, 3.05) is 10.6 Å². The third-order valence-corrected chi connectivity index (χ3v) is 4.58. The van der Waals surface area contributed by atoms with Crippen molar-refractivity contribution in [2.45, 2.75) is 18.8 Å². The van der Waals surface area contributed by atoms with Gasteiger partial charge in [0.1, 0.15) is 30.1 Å². The van der Waals surface area contributed by atoms with Crippen LogP contribution in [0.25, 0.3) is 5.82 Å². The first-order valence-electron chi connectivity index (χ1n) is 9.20. The molecule has 144 valence electrons. The molecular formula is C20H17N7O2. The summed E-state index contributed by atoms with van der Waals surface area (Å²) in [6, 6.07) is 10.9. The summed E-state index contributed by atoms with van der Waals surface area (Å²) in [5, 5.41) is 9.90. The van der Waals surface area contributed by atoms with Gasteiger partial charge in [0.15, 0.2) is 5.69 Å². The largest absolute Gasteiger partial charge is 0.360 e. The summed E-state index contributed by atoms with van der Waals surface area (Å²) in [4.78, 5) is 24.8. The van der Waals surface area contributed by atoms with E-state index >= 15 is 0 Å². The molecule has 0 spiro atoms. The molecule has 5 rings (SSSR count). The first kappa shape index (κ1) is 17.1. The number of nitrogens with one attached hydrogen (secondary N) is 2. The van der Waals surface area contributed by atoms with Crippen LogP contribution in [0, 0.1) is 0 Å². The molecule has 3 aromatic heterocycles. The highest BCUT2D eigenvalue weighted by Gasteiger charge is 2.28. The summed E-state index contributed by atoms with van der Waals surface area (Å²) in [5.74, 6) is 2.28. The molecule has 0 atom stereocenters. The van der Waals surface area contributed by atoms with Crippen molar-refractivity contribution in [2.24, 2.45) is 0 Å². The summed E-state index contributed by atoms with van der Waals surface area (Å²) in [6.45, 7) is 0. The number of hydrogen-bond donors (Lipinski definition) is 2. The van der Waals surface area contributed by atoms with Crippen molar-refractivity contribution in [1.82, 2.24) is 24.7 Å². The van der Waals surface area contributed by atoms with Crippen molar-refractivity contribution in [1.29, 1.82) is 0 Å². The van der Waals surface area contributed by atoms with Gasteiger partial charge >= 0.3 is 0 Å². The zero-order valence-electron chi connectivity index (χ0n) is 15.3. The van der Waals surface area contributed by atoms with Gasteiger partial charge in [0.25, 0.3) is 5.91 Å². The second-order valence-corrected chi connectivity index (χ2v) is 6.78. The van der Waals surface area contributed by atoms with E-state index in [4.69, 9.17) is 4.52 Å². The fourth-order valence-corrected chi connectivity index (χ4v) is 2.89. The first-order chi connectivity index (χ1) is 14.2. The Morgan fingerprint density at radius 2 is 1.93 bits per heavy atom. The number of carbonyl (C=O) groups is 1. The van der Waals surface area contributed by atoms with Gasteiger partial charge in [0, 0.05) is 41.8 Å². The zero-order valence-corrected chi connectivity index (χ0v) is 15.3. The van der Waals surface area contributed by atoms with Crippen molar-refractivity contribution < 1.29 is 9.32 Å². The van der Waals surface area contributed by atoms with E-state index in [0.29, 0.717) is 28.9 Å². The quantitative estimate of drug-likeness (QED) is 0.521. The molecule has 9 heteroatoms. The van der Waals surface area contributed by atoms with E-state index in [1.54, 1.807) is 35.3 Å². The maximum Gasteiger partial charge on any atom is 0.277 e. The number of anilines is 3. The van der Waals surface area contributed by atoms with E-state index < -0.39 is 0 Å². The van der Waals surface area contributed by atoms with Crippen molar-refractivity contribution >= 4 is 23.1 Å². The van der Waals surface area contributed by atoms with E-state index in [1.807, 2.05) is 24.4 Å². The molecule has 0 saturated heterocycles. The van der Waals surface area contributed by atoms with Gasteiger partial charge in [-0.2, -0.15) is 0 Å². The van der Waals surface area contributed by atoms with Crippen LogP contribution in [0.5, 0.6) is 0 Å². The Labute approximate surface area is 165 Å². The molecule has 0 unspecified atom stereocenters. The Morgan fingerprint density at radius 3 is 2.69 bits per heavy atom. The fourth-order valence-electron chi connectivity index (χ4n) is 2.89. The maximum absolute atomic E-state index is 12.3. The monoisotopic (exact) mass is 387 g/mol. The number of aromatic nitrogens is 5. The van der Waals surface area contributed by atoms with Crippen molar-refractivity contribution in [3.8, 4) is 5.82 Å². The third-order valence-electron chi connectivity index (χ3n) is 4.58. The number of rotatable bonds is 6. The molecule has 1 saturated carbocycles. The van der Waals surface area contributed by atoms with E-state index in [-0.39, 0.29) is 5.91 Å². The number of imidazole rings is 1. The van der Waals surface area contributed by atoms with Crippen LogP contribution < -0.4 is 10.6 Å². The smallest absolute Gasteiger partial charge is 0.277 e. The van der Waals surface area contributed by atoms with Gasteiger partial charge in [0.2, 0.25) is 0 Å². The van der Waals surface area contributed by atoms with Crippen molar-refractivity contribution in [3.63, 3.8) is 0 Å². The number of hydrogen-bond acceptors (Lipinski definition) is 7. The molecular weight excluding hydrogens is 370 g/mol. The molecule has 0 bridgehead atoms. The molecule has 0 aliphatic heterocycles. The van der Waals surface area contributed by atoms with E-state index in [1.165, 1.54) is 6.33 Å². The molecule has 3 heterocycles. The lowest BCUT2D eigenvalue weighted by molar-refractivity contribution is 0.101. The average Bonchev–Trinajstić information content (AvgIpc) is 3.24. The molecule has 0 radical (unpaired) electrons. The van der Waals surface area contributed by atoms with Gasteiger partial charge in [-0.1, -0.05) is 5.16 Å². The van der Waals surface area contributed by atoms with Crippen LogP contribution in [0.4, 0.5) is 17.2 Å². The van der Waals surface area contributed by atoms with Gasteiger partial charge < -0.3 is 15.2 Å². The number of amides is 1. The highest BCUT2D eigenvalue weighted by Crippen LogP contribution is 2.40. The minimum absolute atomic E-state index is 0.290. The van der Waals surface area contributed by atoms with Crippen LogP contribution in [0.2, 0.25) is 0 Å². The van der Waals surface area contributed by atoms with Crippen LogP contribution >= 0.6 is 0 Å². The molecule has 1 aliphatic rings. The van der Waals surface area contributed by atoms with Crippen LogP contribution in [-0.2, 0) is 0 Å². The van der Waals surface area contributed by atoms with E-state index in [2.05, 4.69) is 30.7 Å². The second-order valence-electron chi connectivity index (χ2n) is 6.78. The molecule has 2 N–H and O–H groups in total. The standard InChI is InChI=1S/C20H17N7O2/c28-20(16-9-17(29-26-16)13-1-2-13)25-15-5-3-14(4-6-15)24-18-10-19(23-11-22-18)27-8-7-21-12-27/h3-13H,1-2H2,(H,25,28)(H,22,23,24). The molecule has 29 heavy (non-hydrogen) atoms. The predicted molar refractivity (Wildman–Crippen MR) is 105 cm³/mol. The van der Waals surface area contributed by atoms with Gasteiger partial charge in [-0.15, -0.1) is 0 Å². The molecule has 9 nitrogen and oxygen atoms in total. The number of benzene rings is 1. The first-order valence-corrected chi connectivity index (χ1v) is 9.20. The van der Waals surface area contributed by atoms with Crippen LogP contribution in [-0.4, -0.2) is 30.6 Å². The van der Waals surface area contributed by atoms with Gasteiger partial charge in [-0.05, 0) is 37.1 Å². The fraction of sp³-hybridized carbons (Fsp3) is 0.150. The summed E-state index contributed by atoms with van der Waals surface area (Å²) >= 11 is 0. The molecule has 1 aromatic carbocycles. The Bertz CT molecular complexity index is 1130. The Kier molecular flexibility index (Phi) is 4.24. The average molecular weight is 387 g/mol. The molecule has 1 aliphatic carbocycles. The summed E-state index contributed by atoms with van der Waals surface area (Å²) in [5.41, 5.74) is 1.79. The maximum atomic E-state index is 12.3. The SMILES string of the molecule is O=C(Nc1ccc(Nc2cc(-n3ccnc3)ncn2)cc1)c1cc(C2CC2)on1. The summed E-state index contributed by atoms with van der Waals surface area (Å²) in [6.07, 6.45) is 8.86. The van der Waals surface area contributed by atoms with Gasteiger partial charge in [0.05, 0.1) is 0 Å². The minimum Gasteiger partial charge on any atom is -0.360 e. The minimum atomic E-state index is -0.290. The molecule has 1 fully saturated rings. The number of nitrogens with zero attached hydrogens (tertiary/aromatic N) is 5. The van der Waals surface area contributed by atoms with Crippen molar-refractivity contribution in [3.05, 3.63) is 72.9 Å². The lowest BCUT2D eigenvalue weighted by Gasteiger charge is -2.08. The van der Waals surface area contributed by atoms with E-state index in [9.17, 15) is 4.79 Å².